The fourth-order valence-corrected chi connectivity index (χ4v) is 7.31. The molecule has 0 aromatic heterocycles. The summed E-state index contributed by atoms with van der Waals surface area (Å²) in [5.41, 5.74) is 7.70. The van der Waals surface area contributed by atoms with E-state index in [-0.39, 0.29) is 11.9 Å². The average Bonchev–Trinajstić information content (AvgIpc) is 3.88. The SMILES string of the molecule is C\C=C/C=C(C)/C(CCCO)=C(/c1ccc(NS(=O)(=O)C2CC2)cc1)c1ccc(C2CCN(C3CC3)CC2)cc1. The lowest BCUT2D eigenvalue weighted by atomic mass is 9.85. The predicted octanol–water partition coefficient (Wildman–Crippen LogP) is 7.03. The van der Waals surface area contributed by atoms with Crippen LogP contribution in [0.25, 0.3) is 5.57 Å². The number of likely N-dealkylation sites (tertiary alicyclic amines) is 1. The summed E-state index contributed by atoms with van der Waals surface area (Å²) in [6.45, 7) is 6.69. The fourth-order valence-electron chi connectivity index (χ4n) is 5.92. The highest BCUT2D eigenvalue weighted by atomic mass is 32.2. The van der Waals surface area contributed by atoms with E-state index >= 15 is 0 Å². The van der Waals surface area contributed by atoms with Crippen molar-refractivity contribution in [3.63, 3.8) is 0 Å². The number of aliphatic hydroxyl groups is 1. The van der Waals surface area contributed by atoms with Gasteiger partial charge in [-0.3, -0.25) is 4.72 Å². The molecule has 214 valence electrons. The van der Waals surface area contributed by atoms with E-state index in [2.05, 4.69) is 53.0 Å². The van der Waals surface area contributed by atoms with Crippen LogP contribution in [0.4, 0.5) is 5.69 Å². The second-order valence-corrected chi connectivity index (χ2v) is 13.6. The first-order valence-electron chi connectivity index (χ1n) is 15.0. The van der Waals surface area contributed by atoms with Gasteiger partial charge in [-0.1, -0.05) is 54.6 Å². The van der Waals surface area contributed by atoms with Gasteiger partial charge in [0.1, 0.15) is 0 Å². The Morgan fingerprint density at radius 3 is 2.12 bits per heavy atom. The molecule has 2 aromatic carbocycles. The highest BCUT2D eigenvalue weighted by Crippen LogP contribution is 2.38. The van der Waals surface area contributed by atoms with Gasteiger partial charge in [0.15, 0.2) is 0 Å². The first-order valence-corrected chi connectivity index (χ1v) is 16.5. The molecule has 0 spiro atoms. The first-order chi connectivity index (χ1) is 19.4. The Morgan fingerprint density at radius 2 is 1.57 bits per heavy atom. The molecule has 6 heteroatoms. The lowest BCUT2D eigenvalue weighted by Crippen LogP contribution is -2.34. The molecular weight excluding hydrogens is 516 g/mol. The molecule has 2 N–H and O–H groups in total. The molecule has 0 amide bonds. The summed E-state index contributed by atoms with van der Waals surface area (Å²) in [7, 11) is -3.31. The van der Waals surface area contributed by atoms with Crippen molar-refractivity contribution >= 4 is 21.3 Å². The minimum Gasteiger partial charge on any atom is -0.396 e. The van der Waals surface area contributed by atoms with Crippen molar-refractivity contribution in [2.45, 2.75) is 82.4 Å². The lowest BCUT2D eigenvalue weighted by Gasteiger charge is -2.32. The fraction of sp³-hybridized carbons (Fsp3) is 0.471. The van der Waals surface area contributed by atoms with Gasteiger partial charge in [-0.2, -0.15) is 0 Å². The summed E-state index contributed by atoms with van der Waals surface area (Å²) in [6, 6.07) is 17.7. The number of rotatable bonds is 12. The zero-order valence-corrected chi connectivity index (χ0v) is 24.8. The maximum absolute atomic E-state index is 12.5. The van der Waals surface area contributed by atoms with E-state index in [0.717, 1.165) is 47.6 Å². The van der Waals surface area contributed by atoms with Crippen molar-refractivity contribution in [3.05, 3.63) is 94.6 Å². The van der Waals surface area contributed by atoms with Crippen LogP contribution in [-0.4, -0.2) is 49.4 Å². The highest BCUT2D eigenvalue weighted by molar-refractivity contribution is 7.93. The van der Waals surface area contributed by atoms with E-state index < -0.39 is 10.0 Å². The Kier molecular flexibility index (Phi) is 9.29. The Hall–Kier alpha value is -2.67. The van der Waals surface area contributed by atoms with Gasteiger partial charge < -0.3 is 10.0 Å². The summed E-state index contributed by atoms with van der Waals surface area (Å²) in [5, 5.41) is 9.45. The van der Waals surface area contributed by atoms with Crippen LogP contribution in [0.15, 0.2) is 77.9 Å². The van der Waals surface area contributed by atoms with Gasteiger partial charge in [0.2, 0.25) is 10.0 Å². The van der Waals surface area contributed by atoms with Gasteiger partial charge >= 0.3 is 0 Å². The summed E-state index contributed by atoms with van der Waals surface area (Å²) < 4.78 is 27.7. The molecule has 3 fully saturated rings. The molecule has 0 bridgehead atoms. The predicted molar refractivity (Wildman–Crippen MR) is 166 cm³/mol. The Morgan fingerprint density at radius 1 is 0.950 bits per heavy atom. The minimum atomic E-state index is -3.31. The molecule has 0 radical (unpaired) electrons. The Bertz CT molecular complexity index is 1340. The van der Waals surface area contributed by atoms with Crippen molar-refractivity contribution in [1.29, 1.82) is 0 Å². The van der Waals surface area contributed by atoms with Crippen LogP contribution in [0.3, 0.4) is 0 Å². The van der Waals surface area contributed by atoms with Crippen LogP contribution in [0, 0.1) is 0 Å². The van der Waals surface area contributed by atoms with Crippen molar-refractivity contribution in [1.82, 2.24) is 4.90 Å². The van der Waals surface area contributed by atoms with Gasteiger partial charge in [-0.15, -0.1) is 0 Å². The van der Waals surface area contributed by atoms with Crippen LogP contribution >= 0.6 is 0 Å². The number of benzene rings is 2. The van der Waals surface area contributed by atoms with Crippen LogP contribution < -0.4 is 4.72 Å². The van der Waals surface area contributed by atoms with Crippen molar-refractivity contribution in [3.8, 4) is 0 Å². The number of anilines is 1. The molecule has 5 rings (SSSR count). The molecule has 1 saturated heterocycles. The summed E-state index contributed by atoms with van der Waals surface area (Å²) in [5.74, 6) is 0.612. The molecule has 1 aliphatic heterocycles. The zero-order valence-electron chi connectivity index (χ0n) is 24.0. The molecule has 1 heterocycles. The average molecular weight is 561 g/mol. The maximum atomic E-state index is 12.5. The minimum absolute atomic E-state index is 0.133. The van der Waals surface area contributed by atoms with Gasteiger partial charge in [-0.25, -0.2) is 8.42 Å². The molecule has 5 nitrogen and oxygen atoms in total. The third kappa shape index (κ3) is 7.15. The molecule has 0 atom stereocenters. The van der Waals surface area contributed by atoms with E-state index in [9.17, 15) is 13.5 Å². The number of hydrogen-bond donors (Lipinski definition) is 2. The van der Waals surface area contributed by atoms with Gasteiger partial charge in [-0.05, 0) is 130 Å². The van der Waals surface area contributed by atoms with E-state index in [4.69, 9.17) is 0 Å². The van der Waals surface area contributed by atoms with E-state index in [1.807, 2.05) is 37.3 Å². The van der Waals surface area contributed by atoms with Crippen molar-refractivity contribution < 1.29 is 13.5 Å². The molecule has 3 aliphatic rings. The Balaban J connectivity index is 1.46. The van der Waals surface area contributed by atoms with Crippen molar-refractivity contribution in [2.24, 2.45) is 0 Å². The topological polar surface area (TPSA) is 69.6 Å². The monoisotopic (exact) mass is 560 g/mol. The van der Waals surface area contributed by atoms with Crippen LogP contribution in [0.1, 0.15) is 87.8 Å². The van der Waals surface area contributed by atoms with E-state index in [1.165, 1.54) is 49.9 Å². The van der Waals surface area contributed by atoms with Gasteiger partial charge in [0.25, 0.3) is 0 Å². The molecule has 40 heavy (non-hydrogen) atoms. The molecule has 2 aromatic rings. The normalized spacial score (nSPS) is 20.1. The van der Waals surface area contributed by atoms with Gasteiger partial charge in [0, 0.05) is 18.3 Å². The molecule has 0 unspecified atom stereocenters. The lowest BCUT2D eigenvalue weighted by molar-refractivity contribution is 0.203. The highest BCUT2D eigenvalue weighted by Gasteiger charge is 2.35. The largest absolute Gasteiger partial charge is 0.396 e. The molecular formula is C34H44N2O3S. The summed E-state index contributed by atoms with van der Waals surface area (Å²) in [6.07, 6.45) is 14.3. The maximum Gasteiger partial charge on any atom is 0.235 e. The summed E-state index contributed by atoms with van der Waals surface area (Å²) >= 11 is 0. The molecule has 2 aliphatic carbocycles. The summed E-state index contributed by atoms with van der Waals surface area (Å²) in [4.78, 5) is 2.67. The third-order valence-electron chi connectivity index (χ3n) is 8.56. The molecule has 2 saturated carbocycles. The number of sulfonamides is 1. The first kappa shape index (κ1) is 28.8. The van der Waals surface area contributed by atoms with E-state index in [1.54, 1.807) is 0 Å². The van der Waals surface area contributed by atoms with Crippen LogP contribution in [0.5, 0.6) is 0 Å². The number of piperidine rings is 1. The third-order valence-corrected chi connectivity index (χ3v) is 10.4. The number of nitrogens with one attached hydrogen (secondary N) is 1. The van der Waals surface area contributed by atoms with Crippen LogP contribution in [-0.2, 0) is 10.0 Å². The number of aliphatic hydroxyl groups excluding tert-OH is 1. The number of allylic oxidation sites excluding steroid dienone is 5. The second-order valence-electron chi connectivity index (χ2n) is 11.6. The zero-order chi connectivity index (χ0) is 28.1. The standard InChI is InChI=1S/C34H44N2O3S/c1-3-4-6-25(2)33(7-5-24-37)34(29-12-14-30(15-13-29)35-40(38,39)32-18-19-32)28-10-8-26(9-11-28)27-20-22-36(23-21-27)31-16-17-31/h3-4,6,8-15,27,31-32,35,37H,5,7,16-24H2,1-2H3/b4-3-,25-6+,34-33+. The van der Waals surface area contributed by atoms with Crippen LogP contribution in [0.2, 0.25) is 0 Å². The smallest absolute Gasteiger partial charge is 0.235 e. The number of hydrogen-bond acceptors (Lipinski definition) is 4. The quantitative estimate of drug-likeness (QED) is 0.274. The van der Waals surface area contributed by atoms with Crippen molar-refractivity contribution in [2.75, 3.05) is 24.4 Å². The van der Waals surface area contributed by atoms with E-state index in [0.29, 0.717) is 18.0 Å². The second kappa shape index (κ2) is 12.9. The van der Waals surface area contributed by atoms with Gasteiger partial charge in [0.05, 0.1) is 5.25 Å². The number of nitrogens with zero attached hydrogens (tertiary/aromatic N) is 1. The Labute approximate surface area is 240 Å².